The fraction of sp³-hybridized carbons (Fsp3) is 0.556. The fourth-order valence-corrected chi connectivity index (χ4v) is 1.80. The van der Waals surface area contributed by atoms with Gasteiger partial charge in [-0.2, -0.15) is 0 Å². The highest BCUT2D eigenvalue weighted by Crippen LogP contribution is 2.31. The first-order valence-electron chi connectivity index (χ1n) is 4.68. The Morgan fingerprint density at radius 3 is 2.40 bits per heavy atom. The molecule has 6 heteroatoms. The van der Waals surface area contributed by atoms with Gasteiger partial charge in [-0.15, -0.1) is 0 Å². The Bertz CT molecular complexity index is 349. The minimum atomic E-state index is -2.55. The van der Waals surface area contributed by atoms with Gasteiger partial charge in [0, 0.05) is 38.3 Å². The maximum absolute atomic E-state index is 12.9. The first-order valence-corrected chi connectivity index (χ1v) is 5.06. The molecule has 0 unspecified atom stereocenters. The van der Waals surface area contributed by atoms with Crippen LogP contribution in [0.5, 0.6) is 0 Å². The average molecular weight is 234 g/mol. The third kappa shape index (κ3) is 2.34. The number of piperidine rings is 1. The van der Waals surface area contributed by atoms with Crippen LogP contribution in [0.15, 0.2) is 12.4 Å². The van der Waals surface area contributed by atoms with Gasteiger partial charge >= 0.3 is 0 Å². The van der Waals surface area contributed by atoms with Gasteiger partial charge in [0.25, 0.3) is 5.92 Å². The summed E-state index contributed by atoms with van der Waals surface area (Å²) in [6, 6.07) is 0. The maximum Gasteiger partial charge on any atom is 0.251 e. The first-order chi connectivity index (χ1) is 7.08. The van der Waals surface area contributed by atoms with Crippen LogP contribution in [0.1, 0.15) is 12.8 Å². The van der Waals surface area contributed by atoms with Gasteiger partial charge in [-0.3, -0.25) is 0 Å². The molecule has 1 saturated heterocycles. The van der Waals surface area contributed by atoms with Gasteiger partial charge in [-0.1, -0.05) is 11.6 Å². The third-order valence-corrected chi connectivity index (χ3v) is 2.70. The van der Waals surface area contributed by atoms with Crippen LogP contribution in [0.4, 0.5) is 14.6 Å². The molecule has 1 aromatic heterocycles. The highest BCUT2D eigenvalue weighted by molar-refractivity contribution is 6.31. The summed E-state index contributed by atoms with van der Waals surface area (Å²) in [7, 11) is 0. The molecule has 0 spiro atoms. The number of nitrogens with zero attached hydrogens (tertiary/aromatic N) is 3. The minimum absolute atomic E-state index is 0.153. The van der Waals surface area contributed by atoms with E-state index in [0.29, 0.717) is 5.82 Å². The molecule has 15 heavy (non-hydrogen) atoms. The minimum Gasteiger partial charge on any atom is -0.354 e. The molecular formula is C9H10ClF2N3. The Morgan fingerprint density at radius 1 is 1.20 bits per heavy atom. The number of halogens is 3. The number of alkyl halides is 2. The zero-order valence-corrected chi connectivity index (χ0v) is 8.71. The van der Waals surface area contributed by atoms with Crippen molar-refractivity contribution in [1.82, 2.24) is 9.97 Å². The summed E-state index contributed by atoms with van der Waals surface area (Å²) in [6.07, 6.45) is 2.68. The summed E-state index contributed by atoms with van der Waals surface area (Å²) in [5, 5.41) is 0.266. The van der Waals surface area contributed by atoms with E-state index in [1.807, 2.05) is 0 Å². The lowest BCUT2D eigenvalue weighted by atomic mass is 10.1. The standard InChI is InChI=1S/C9H10ClF2N3/c10-7-8(14-4-3-13-7)15-5-1-9(11,12)2-6-15/h3-4H,1-2,5-6H2. The van der Waals surface area contributed by atoms with Crippen LogP contribution in [0.3, 0.4) is 0 Å². The average Bonchev–Trinajstić information content (AvgIpc) is 2.19. The monoisotopic (exact) mass is 233 g/mol. The molecule has 0 N–H and O–H groups in total. The summed E-state index contributed by atoms with van der Waals surface area (Å²) >= 11 is 5.83. The summed E-state index contributed by atoms with van der Waals surface area (Å²) in [6.45, 7) is 0.539. The highest BCUT2D eigenvalue weighted by Gasteiger charge is 2.34. The molecule has 82 valence electrons. The number of aromatic nitrogens is 2. The van der Waals surface area contributed by atoms with Crippen molar-refractivity contribution in [2.75, 3.05) is 18.0 Å². The largest absolute Gasteiger partial charge is 0.354 e. The van der Waals surface area contributed by atoms with Gasteiger partial charge in [0.15, 0.2) is 11.0 Å². The molecule has 0 radical (unpaired) electrons. The summed E-state index contributed by atoms with van der Waals surface area (Å²) in [5.41, 5.74) is 0. The Hall–Kier alpha value is -0.970. The first kappa shape index (κ1) is 10.5. The molecule has 2 rings (SSSR count). The van der Waals surface area contributed by atoms with Crippen molar-refractivity contribution in [3.05, 3.63) is 17.5 Å². The molecule has 0 amide bonds. The van der Waals surface area contributed by atoms with Crippen LogP contribution < -0.4 is 4.90 Å². The van der Waals surface area contributed by atoms with Gasteiger partial charge in [0.2, 0.25) is 0 Å². The van der Waals surface area contributed by atoms with Crippen molar-refractivity contribution in [2.24, 2.45) is 0 Å². The molecule has 1 aromatic rings. The van der Waals surface area contributed by atoms with Crippen molar-refractivity contribution < 1.29 is 8.78 Å². The van der Waals surface area contributed by atoms with Crippen LogP contribution >= 0.6 is 11.6 Å². The molecule has 1 aliphatic rings. The molecule has 2 heterocycles. The van der Waals surface area contributed by atoms with Crippen molar-refractivity contribution in [3.63, 3.8) is 0 Å². The molecule has 1 aliphatic heterocycles. The normalized spacial score (nSPS) is 20.3. The van der Waals surface area contributed by atoms with E-state index in [2.05, 4.69) is 9.97 Å². The fourth-order valence-electron chi connectivity index (χ4n) is 1.57. The number of hydrogen-bond acceptors (Lipinski definition) is 3. The van der Waals surface area contributed by atoms with Gasteiger partial charge in [0.05, 0.1) is 0 Å². The SMILES string of the molecule is FC1(F)CCN(c2nccnc2Cl)CC1. The van der Waals surface area contributed by atoms with Crippen molar-refractivity contribution >= 4 is 17.4 Å². The second-order valence-corrected chi connectivity index (χ2v) is 3.87. The van der Waals surface area contributed by atoms with Crippen molar-refractivity contribution in [3.8, 4) is 0 Å². The van der Waals surface area contributed by atoms with Crippen LogP contribution in [0, 0.1) is 0 Å². The zero-order valence-electron chi connectivity index (χ0n) is 7.96. The number of rotatable bonds is 1. The molecule has 0 aromatic carbocycles. The molecular weight excluding hydrogens is 224 g/mol. The molecule has 1 fully saturated rings. The topological polar surface area (TPSA) is 29.0 Å². The molecule has 0 bridgehead atoms. The number of anilines is 1. The highest BCUT2D eigenvalue weighted by atomic mass is 35.5. The third-order valence-electron chi connectivity index (χ3n) is 2.43. The van der Waals surface area contributed by atoms with Crippen molar-refractivity contribution in [1.29, 1.82) is 0 Å². The lowest BCUT2D eigenvalue weighted by Gasteiger charge is -2.32. The van der Waals surface area contributed by atoms with Crippen LogP contribution in [0.25, 0.3) is 0 Å². The maximum atomic E-state index is 12.9. The quantitative estimate of drug-likeness (QED) is 0.746. The Morgan fingerprint density at radius 2 is 1.80 bits per heavy atom. The van der Waals surface area contributed by atoms with E-state index in [1.165, 1.54) is 12.4 Å². The van der Waals surface area contributed by atoms with E-state index in [0.717, 1.165) is 0 Å². The summed E-state index contributed by atoms with van der Waals surface area (Å²) in [4.78, 5) is 9.64. The van der Waals surface area contributed by atoms with Gasteiger partial charge in [-0.25, -0.2) is 18.7 Å². The smallest absolute Gasteiger partial charge is 0.251 e. The van der Waals surface area contributed by atoms with E-state index >= 15 is 0 Å². The van der Waals surface area contributed by atoms with Crippen molar-refractivity contribution in [2.45, 2.75) is 18.8 Å². The molecule has 0 atom stereocenters. The van der Waals surface area contributed by atoms with E-state index in [9.17, 15) is 8.78 Å². The Balaban J connectivity index is 2.11. The van der Waals surface area contributed by atoms with Gasteiger partial charge < -0.3 is 4.90 Å². The lowest BCUT2D eigenvalue weighted by molar-refractivity contribution is -0.0221. The second kappa shape index (κ2) is 3.89. The van der Waals surface area contributed by atoms with Crippen LogP contribution in [-0.2, 0) is 0 Å². The molecule has 0 saturated carbocycles. The lowest BCUT2D eigenvalue weighted by Crippen LogP contribution is -2.39. The van der Waals surface area contributed by atoms with Gasteiger partial charge in [0.1, 0.15) is 0 Å². The van der Waals surface area contributed by atoms with E-state index in [4.69, 9.17) is 11.6 Å². The van der Waals surface area contributed by atoms with E-state index < -0.39 is 5.92 Å². The summed E-state index contributed by atoms with van der Waals surface area (Å²) in [5.74, 6) is -2.06. The predicted molar refractivity (Wildman–Crippen MR) is 53.4 cm³/mol. The molecule has 3 nitrogen and oxygen atoms in total. The van der Waals surface area contributed by atoms with E-state index in [1.54, 1.807) is 4.90 Å². The zero-order chi connectivity index (χ0) is 10.9. The Labute approximate surface area is 91.1 Å². The number of hydrogen-bond donors (Lipinski definition) is 0. The summed E-state index contributed by atoms with van der Waals surface area (Å²) < 4.78 is 25.8. The Kier molecular flexibility index (Phi) is 2.73. The predicted octanol–water partition coefficient (Wildman–Crippen LogP) is 2.37. The van der Waals surface area contributed by atoms with Crippen LogP contribution in [-0.4, -0.2) is 29.0 Å². The van der Waals surface area contributed by atoms with E-state index in [-0.39, 0.29) is 31.1 Å². The molecule has 0 aliphatic carbocycles. The van der Waals surface area contributed by atoms with Crippen LogP contribution in [0.2, 0.25) is 5.15 Å². The van der Waals surface area contributed by atoms with Gasteiger partial charge in [-0.05, 0) is 0 Å². The second-order valence-electron chi connectivity index (χ2n) is 3.51.